The topological polar surface area (TPSA) is 55.5 Å². The Morgan fingerprint density at radius 2 is 2.29 bits per heavy atom. The number of aliphatic hydroxyl groups excluding tert-OH is 1. The third kappa shape index (κ3) is 2.70. The maximum atomic E-state index is 9.68. The van der Waals surface area contributed by atoms with E-state index in [-0.39, 0.29) is 0 Å². The van der Waals surface area contributed by atoms with Crippen molar-refractivity contribution in [1.82, 2.24) is 0 Å². The average molecular weight is 260 g/mol. The minimum Gasteiger partial charge on any atom is -0.496 e. The summed E-state index contributed by atoms with van der Waals surface area (Å²) in [6.45, 7) is 0.472. The Labute approximate surface area is 92.0 Å². The third-order valence-corrected chi connectivity index (χ3v) is 2.66. The van der Waals surface area contributed by atoms with E-state index in [4.69, 9.17) is 10.5 Å². The number of ether oxygens (including phenoxy) is 1. The van der Waals surface area contributed by atoms with Gasteiger partial charge in [0, 0.05) is 0 Å². The molecule has 0 amide bonds. The number of methoxy groups -OCH3 is 1. The number of hydrogen-bond donors (Lipinski definition) is 2. The summed E-state index contributed by atoms with van der Waals surface area (Å²) in [7, 11) is 1.60. The van der Waals surface area contributed by atoms with E-state index in [1.807, 2.05) is 18.2 Å². The first-order valence-corrected chi connectivity index (χ1v) is 5.20. The predicted octanol–water partition coefficient (Wildman–Crippen LogP) is 1.84. The minimum atomic E-state index is -0.512. The van der Waals surface area contributed by atoms with Gasteiger partial charge in [0.15, 0.2) is 0 Å². The van der Waals surface area contributed by atoms with Gasteiger partial charge < -0.3 is 15.6 Å². The van der Waals surface area contributed by atoms with Gasteiger partial charge in [-0.3, -0.25) is 0 Å². The van der Waals surface area contributed by atoms with Crippen molar-refractivity contribution in [2.24, 2.45) is 5.73 Å². The molecule has 0 fully saturated rings. The van der Waals surface area contributed by atoms with Crippen molar-refractivity contribution in [1.29, 1.82) is 0 Å². The van der Waals surface area contributed by atoms with Crippen molar-refractivity contribution in [2.45, 2.75) is 12.5 Å². The fourth-order valence-electron chi connectivity index (χ4n) is 1.21. The molecule has 0 saturated heterocycles. The molecule has 3 nitrogen and oxygen atoms in total. The molecule has 0 aliphatic carbocycles. The molecule has 1 rings (SSSR count). The van der Waals surface area contributed by atoms with E-state index in [0.717, 1.165) is 15.8 Å². The van der Waals surface area contributed by atoms with Gasteiger partial charge >= 0.3 is 0 Å². The maximum absolute atomic E-state index is 9.68. The first kappa shape index (κ1) is 11.5. The van der Waals surface area contributed by atoms with Crippen LogP contribution < -0.4 is 10.5 Å². The van der Waals surface area contributed by atoms with E-state index in [1.165, 1.54) is 0 Å². The van der Waals surface area contributed by atoms with Crippen LogP contribution in [-0.2, 0) is 0 Å². The number of rotatable bonds is 4. The number of benzene rings is 1. The molecule has 0 saturated carbocycles. The Bertz CT molecular complexity index is 304. The number of halogens is 1. The number of nitrogens with two attached hydrogens (primary N) is 1. The lowest BCUT2D eigenvalue weighted by molar-refractivity contribution is 0.170. The quantitative estimate of drug-likeness (QED) is 0.868. The van der Waals surface area contributed by atoms with Crippen molar-refractivity contribution in [3.63, 3.8) is 0 Å². The van der Waals surface area contributed by atoms with Gasteiger partial charge in [0.05, 0.1) is 17.7 Å². The zero-order chi connectivity index (χ0) is 10.6. The maximum Gasteiger partial charge on any atom is 0.133 e. The second-order valence-electron chi connectivity index (χ2n) is 2.99. The van der Waals surface area contributed by atoms with Gasteiger partial charge in [0.25, 0.3) is 0 Å². The van der Waals surface area contributed by atoms with Gasteiger partial charge in [-0.05, 0) is 46.6 Å². The molecule has 1 aromatic carbocycles. The lowest BCUT2D eigenvalue weighted by Crippen LogP contribution is -2.06. The highest BCUT2D eigenvalue weighted by Gasteiger charge is 2.09. The summed E-state index contributed by atoms with van der Waals surface area (Å²) in [5.41, 5.74) is 6.20. The normalized spacial score (nSPS) is 12.6. The lowest BCUT2D eigenvalue weighted by Gasteiger charge is -2.11. The Morgan fingerprint density at radius 1 is 1.57 bits per heavy atom. The van der Waals surface area contributed by atoms with Crippen LogP contribution in [0.25, 0.3) is 0 Å². The molecule has 0 bridgehead atoms. The molecular formula is C10H14BrNO2. The zero-order valence-corrected chi connectivity index (χ0v) is 9.62. The summed E-state index contributed by atoms with van der Waals surface area (Å²) in [5, 5.41) is 9.68. The first-order chi connectivity index (χ1) is 6.69. The molecule has 0 radical (unpaired) electrons. The molecule has 0 aromatic heterocycles. The predicted molar refractivity (Wildman–Crippen MR) is 59.3 cm³/mol. The molecule has 78 valence electrons. The summed E-state index contributed by atoms with van der Waals surface area (Å²) in [4.78, 5) is 0. The van der Waals surface area contributed by atoms with Crippen molar-refractivity contribution < 1.29 is 9.84 Å². The van der Waals surface area contributed by atoms with E-state index >= 15 is 0 Å². The van der Waals surface area contributed by atoms with Crippen molar-refractivity contribution >= 4 is 15.9 Å². The molecule has 1 aromatic rings. The molecule has 0 aliphatic heterocycles. The fourth-order valence-corrected chi connectivity index (χ4v) is 1.62. The van der Waals surface area contributed by atoms with E-state index in [0.29, 0.717) is 13.0 Å². The highest BCUT2D eigenvalue weighted by Crippen LogP contribution is 2.28. The summed E-state index contributed by atoms with van der Waals surface area (Å²) in [5.74, 6) is 0.721. The van der Waals surface area contributed by atoms with Crippen LogP contribution >= 0.6 is 15.9 Å². The van der Waals surface area contributed by atoms with Gasteiger partial charge in [0.2, 0.25) is 0 Å². The summed E-state index contributed by atoms with van der Waals surface area (Å²) in [6, 6.07) is 5.52. The van der Waals surface area contributed by atoms with E-state index in [1.54, 1.807) is 7.11 Å². The molecule has 14 heavy (non-hydrogen) atoms. The average Bonchev–Trinajstić information content (AvgIpc) is 2.19. The smallest absolute Gasteiger partial charge is 0.133 e. The highest BCUT2D eigenvalue weighted by molar-refractivity contribution is 9.10. The molecule has 0 heterocycles. The molecule has 1 atom stereocenters. The first-order valence-electron chi connectivity index (χ1n) is 4.40. The fraction of sp³-hybridized carbons (Fsp3) is 0.400. The molecule has 0 unspecified atom stereocenters. The van der Waals surface area contributed by atoms with Gasteiger partial charge in [-0.2, -0.15) is 0 Å². The molecule has 4 heteroatoms. The Morgan fingerprint density at radius 3 is 2.86 bits per heavy atom. The summed E-state index contributed by atoms with van der Waals surface area (Å²) >= 11 is 3.35. The summed E-state index contributed by atoms with van der Waals surface area (Å²) < 4.78 is 6.00. The minimum absolute atomic E-state index is 0.472. The van der Waals surface area contributed by atoms with Gasteiger partial charge in [0.1, 0.15) is 5.75 Å². The van der Waals surface area contributed by atoms with E-state index < -0.39 is 6.10 Å². The van der Waals surface area contributed by atoms with E-state index in [2.05, 4.69) is 15.9 Å². The van der Waals surface area contributed by atoms with Gasteiger partial charge in [-0.15, -0.1) is 0 Å². The van der Waals surface area contributed by atoms with Crippen LogP contribution in [-0.4, -0.2) is 18.8 Å². The highest BCUT2D eigenvalue weighted by atomic mass is 79.9. The van der Waals surface area contributed by atoms with Crippen LogP contribution in [0.15, 0.2) is 22.7 Å². The number of aliphatic hydroxyl groups is 1. The number of hydrogen-bond acceptors (Lipinski definition) is 3. The van der Waals surface area contributed by atoms with Crippen molar-refractivity contribution in [3.8, 4) is 5.75 Å². The Hall–Kier alpha value is -0.580. The lowest BCUT2D eigenvalue weighted by atomic mass is 10.1. The van der Waals surface area contributed by atoms with Gasteiger partial charge in [-0.1, -0.05) is 6.07 Å². The Kier molecular flexibility index (Phi) is 4.38. The SMILES string of the molecule is COc1cc([C@@H](O)CCN)ccc1Br. The largest absolute Gasteiger partial charge is 0.496 e. The third-order valence-electron chi connectivity index (χ3n) is 2.00. The van der Waals surface area contributed by atoms with Crippen LogP contribution in [0.3, 0.4) is 0 Å². The molecule has 0 aliphatic rings. The second kappa shape index (κ2) is 5.34. The van der Waals surface area contributed by atoms with Crippen LogP contribution in [0.1, 0.15) is 18.1 Å². The summed E-state index contributed by atoms with van der Waals surface area (Å²) in [6.07, 6.45) is 0.0483. The van der Waals surface area contributed by atoms with Crippen LogP contribution in [0.4, 0.5) is 0 Å². The standard InChI is InChI=1S/C10H14BrNO2/c1-14-10-6-7(2-3-8(10)11)9(13)4-5-12/h2-3,6,9,13H,4-5,12H2,1H3/t9-/m0/s1. The van der Waals surface area contributed by atoms with Crippen molar-refractivity contribution in [3.05, 3.63) is 28.2 Å². The van der Waals surface area contributed by atoms with E-state index in [9.17, 15) is 5.11 Å². The molecular weight excluding hydrogens is 246 g/mol. The Balaban J connectivity index is 2.88. The van der Waals surface area contributed by atoms with Gasteiger partial charge in [-0.25, -0.2) is 0 Å². The zero-order valence-electron chi connectivity index (χ0n) is 8.03. The van der Waals surface area contributed by atoms with Crippen LogP contribution in [0, 0.1) is 0 Å². The second-order valence-corrected chi connectivity index (χ2v) is 3.84. The van der Waals surface area contributed by atoms with Crippen LogP contribution in [0.5, 0.6) is 5.75 Å². The van der Waals surface area contributed by atoms with Crippen LogP contribution in [0.2, 0.25) is 0 Å². The van der Waals surface area contributed by atoms with Crippen molar-refractivity contribution in [2.75, 3.05) is 13.7 Å². The molecule has 3 N–H and O–H groups in total. The monoisotopic (exact) mass is 259 g/mol. The molecule has 0 spiro atoms.